The molecule has 1 aliphatic rings. The first-order valence-electron chi connectivity index (χ1n) is 10.8. The second kappa shape index (κ2) is 10.1. The molecule has 0 saturated heterocycles. The molecule has 2 unspecified atom stereocenters. The average Bonchev–Trinajstić information content (AvgIpc) is 2.87. The Hall–Kier alpha value is -3.36. The fraction of sp³-hybridized carbons (Fsp3) is 0.375. The molecule has 0 spiro atoms. The lowest BCUT2D eigenvalue weighted by Crippen LogP contribution is -2.44. The minimum Gasteiger partial charge on any atom is -0.369 e. The zero-order valence-corrected chi connectivity index (χ0v) is 18.1. The molecular formula is C24H26F3N3O3. The molecule has 0 bridgehead atoms. The number of para-hydroxylation sites is 1. The van der Waals surface area contributed by atoms with Crippen molar-refractivity contribution < 1.29 is 27.6 Å². The summed E-state index contributed by atoms with van der Waals surface area (Å²) < 4.78 is 38.8. The van der Waals surface area contributed by atoms with Crippen molar-refractivity contribution in [1.29, 1.82) is 0 Å². The summed E-state index contributed by atoms with van der Waals surface area (Å²) in [6.45, 7) is 1.75. The molecule has 3 amide bonds. The molecule has 33 heavy (non-hydrogen) atoms. The summed E-state index contributed by atoms with van der Waals surface area (Å²) in [6, 6.07) is 13.0. The number of halogens is 3. The van der Waals surface area contributed by atoms with E-state index in [-0.39, 0.29) is 6.42 Å². The molecule has 0 saturated carbocycles. The molecule has 1 heterocycles. The molecule has 9 heteroatoms. The van der Waals surface area contributed by atoms with Gasteiger partial charge in [0.15, 0.2) is 0 Å². The number of nitrogens with two attached hydrogens (primary N) is 1. The van der Waals surface area contributed by atoms with Gasteiger partial charge in [0.25, 0.3) is 5.91 Å². The van der Waals surface area contributed by atoms with E-state index >= 15 is 0 Å². The summed E-state index contributed by atoms with van der Waals surface area (Å²) in [5.41, 5.74) is 7.97. The molecule has 2 aromatic rings. The number of fused-ring (bicyclic) bond motifs is 3. The molecule has 0 fully saturated rings. The third kappa shape index (κ3) is 5.71. The van der Waals surface area contributed by atoms with Gasteiger partial charge in [-0.05, 0) is 30.0 Å². The van der Waals surface area contributed by atoms with Gasteiger partial charge >= 0.3 is 6.18 Å². The Balaban J connectivity index is 1.95. The summed E-state index contributed by atoms with van der Waals surface area (Å²) >= 11 is 0. The number of carbonyl (C=O) groups excluding carboxylic acids is 3. The normalized spacial score (nSPS) is 17.1. The zero-order chi connectivity index (χ0) is 24.2. The van der Waals surface area contributed by atoms with Gasteiger partial charge in [-0.15, -0.1) is 0 Å². The number of hydrogen-bond donors (Lipinski definition) is 3. The Labute approximate surface area is 189 Å². The lowest BCUT2D eigenvalue weighted by molar-refractivity contribution is -0.146. The number of nitrogens with one attached hydrogen (secondary N) is 2. The van der Waals surface area contributed by atoms with Gasteiger partial charge in [0, 0.05) is 29.5 Å². The topological polar surface area (TPSA) is 101 Å². The number of hydrogen-bond acceptors (Lipinski definition) is 3. The highest BCUT2D eigenvalue weighted by Gasteiger charge is 2.38. The minimum absolute atomic E-state index is 0.171. The first-order chi connectivity index (χ1) is 15.6. The molecule has 1 aliphatic heterocycles. The predicted molar refractivity (Wildman–Crippen MR) is 118 cm³/mol. The van der Waals surface area contributed by atoms with Crippen molar-refractivity contribution >= 4 is 23.4 Å². The van der Waals surface area contributed by atoms with E-state index < -0.39 is 54.6 Å². The molecule has 4 N–H and O–H groups in total. The van der Waals surface area contributed by atoms with Crippen LogP contribution < -0.4 is 16.4 Å². The van der Waals surface area contributed by atoms with E-state index in [0.717, 1.165) is 5.56 Å². The quantitative estimate of drug-likeness (QED) is 0.546. The molecule has 3 rings (SSSR count). The molecule has 3 atom stereocenters. The summed E-state index contributed by atoms with van der Waals surface area (Å²) in [4.78, 5) is 38.3. The predicted octanol–water partition coefficient (Wildman–Crippen LogP) is 4.32. The zero-order valence-electron chi connectivity index (χ0n) is 18.1. The molecule has 6 nitrogen and oxygen atoms in total. The maximum atomic E-state index is 13.2. The van der Waals surface area contributed by atoms with Crippen LogP contribution in [0.5, 0.6) is 0 Å². The number of anilines is 1. The fourth-order valence-electron chi connectivity index (χ4n) is 4.25. The lowest BCUT2D eigenvalue weighted by Gasteiger charge is -2.27. The van der Waals surface area contributed by atoms with Crippen molar-refractivity contribution in [3.8, 4) is 11.1 Å². The third-order valence-electron chi connectivity index (χ3n) is 5.82. The molecule has 0 aromatic heterocycles. The monoisotopic (exact) mass is 461 g/mol. The highest BCUT2D eigenvalue weighted by molar-refractivity contribution is 6.04. The van der Waals surface area contributed by atoms with Gasteiger partial charge in [0.05, 0.1) is 0 Å². The van der Waals surface area contributed by atoms with Gasteiger partial charge in [-0.2, -0.15) is 13.2 Å². The van der Waals surface area contributed by atoms with Crippen molar-refractivity contribution in [2.45, 2.75) is 44.8 Å². The van der Waals surface area contributed by atoms with Crippen LogP contribution in [0.2, 0.25) is 0 Å². The van der Waals surface area contributed by atoms with E-state index in [4.69, 9.17) is 5.73 Å². The van der Waals surface area contributed by atoms with E-state index in [1.807, 2.05) is 12.1 Å². The Kier molecular flexibility index (Phi) is 7.40. The van der Waals surface area contributed by atoms with E-state index in [9.17, 15) is 27.6 Å². The van der Waals surface area contributed by atoms with Crippen molar-refractivity contribution in [3.63, 3.8) is 0 Å². The summed E-state index contributed by atoms with van der Waals surface area (Å²) in [5.74, 6) is -4.55. The fourth-order valence-corrected chi connectivity index (χ4v) is 4.25. The van der Waals surface area contributed by atoms with Crippen LogP contribution >= 0.6 is 0 Å². The number of alkyl halides is 3. The smallest absolute Gasteiger partial charge is 0.369 e. The summed E-state index contributed by atoms with van der Waals surface area (Å²) in [5, 5.41) is 5.38. The van der Waals surface area contributed by atoms with Gasteiger partial charge in [-0.25, -0.2) is 0 Å². The number of benzene rings is 2. The standard InChI is InChI=1S/C24H26F3N3O3/c1-2-7-17(21(28)31)18(12-13-24(25,26)27)22(32)30-20-16-10-4-3-8-14(16)15-9-5-6-11-19(15)29-23(20)33/h3-6,8-11,17-18,20H,2,7,12-13H2,1H3,(H2,28,31)(H,29,33)(H,30,32)/t17?,18?,20-/m0/s1. The molecule has 2 aromatic carbocycles. The third-order valence-corrected chi connectivity index (χ3v) is 5.82. The number of primary amides is 1. The lowest BCUT2D eigenvalue weighted by atomic mass is 9.83. The second-order valence-electron chi connectivity index (χ2n) is 8.12. The number of carbonyl (C=O) groups is 3. The Morgan fingerprint density at radius 3 is 2.30 bits per heavy atom. The minimum atomic E-state index is -4.50. The van der Waals surface area contributed by atoms with Crippen molar-refractivity contribution in [2.75, 3.05) is 5.32 Å². The van der Waals surface area contributed by atoms with Crippen LogP contribution in [0.25, 0.3) is 11.1 Å². The van der Waals surface area contributed by atoms with Crippen LogP contribution in [0.1, 0.15) is 44.2 Å². The molecule has 176 valence electrons. The average molecular weight is 461 g/mol. The van der Waals surface area contributed by atoms with Crippen LogP contribution in [0, 0.1) is 11.8 Å². The largest absolute Gasteiger partial charge is 0.389 e. The van der Waals surface area contributed by atoms with E-state index in [2.05, 4.69) is 10.6 Å². The molecular weight excluding hydrogens is 435 g/mol. The van der Waals surface area contributed by atoms with E-state index in [1.54, 1.807) is 43.3 Å². The highest BCUT2D eigenvalue weighted by Crippen LogP contribution is 2.38. The van der Waals surface area contributed by atoms with Crippen LogP contribution in [-0.2, 0) is 14.4 Å². The molecule has 0 aliphatic carbocycles. The first kappa shape index (κ1) is 24.3. The van der Waals surface area contributed by atoms with Crippen LogP contribution in [-0.4, -0.2) is 23.9 Å². The summed E-state index contributed by atoms with van der Waals surface area (Å²) in [7, 11) is 0. The maximum Gasteiger partial charge on any atom is 0.389 e. The van der Waals surface area contributed by atoms with Gasteiger partial charge < -0.3 is 16.4 Å². The Morgan fingerprint density at radius 2 is 1.67 bits per heavy atom. The summed E-state index contributed by atoms with van der Waals surface area (Å²) in [6.07, 6.45) is -5.70. The van der Waals surface area contributed by atoms with Crippen LogP contribution in [0.15, 0.2) is 48.5 Å². The highest BCUT2D eigenvalue weighted by atomic mass is 19.4. The Bertz CT molecular complexity index is 1040. The van der Waals surface area contributed by atoms with E-state index in [0.29, 0.717) is 23.2 Å². The first-order valence-corrected chi connectivity index (χ1v) is 10.8. The van der Waals surface area contributed by atoms with Gasteiger partial charge in [0.2, 0.25) is 11.8 Å². The molecule has 0 radical (unpaired) electrons. The van der Waals surface area contributed by atoms with Crippen LogP contribution in [0.3, 0.4) is 0 Å². The van der Waals surface area contributed by atoms with Gasteiger partial charge in [-0.3, -0.25) is 14.4 Å². The van der Waals surface area contributed by atoms with Gasteiger partial charge in [0.1, 0.15) is 6.04 Å². The van der Waals surface area contributed by atoms with Crippen LogP contribution in [0.4, 0.5) is 18.9 Å². The van der Waals surface area contributed by atoms with Crippen molar-refractivity contribution in [3.05, 3.63) is 54.1 Å². The SMILES string of the molecule is CCCC(C(N)=O)C(CCC(F)(F)F)C(=O)N[C@@H]1C(=O)Nc2ccccc2-c2ccccc21. The number of rotatable bonds is 8. The maximum absolute atomic E-state index is 13.2. The van der Waals surface area contributed by atoms with Crippen molar-refractivity contribution in [1.82, 2.24) is 5.32 Å². The Morgan fingerprint density at radius 1 is 1.03 bits per heavy atom. The van der Waals surface area contributed by atoms with E-state index in [1.165, 1.54) is 0 Å². The van der Waals surface area contributed by atoms with Gasteiger partial charge in [-0.1, -0.05) is 55.8 Å². The van der Waals surface area contributed by atoms with Crippen molar-refractivity contribution in [2.24, 2.45) is 17.6 Å². The second-order valence-corrected chi connectivity index (χ2v) is 8.12. The number of amides is 3.